The molecule has 0 amide bonds. The Bertz CT molecular complexity index is 2620. The van der Waals surface area contributed by atoms with Crippen LogP contribution in [0.1, 0.15) is 22.3 Å². The van der Waals surface area contributed by atoms with Crippen molar-refractivity contribution in [3.8, 4) is 11.1 Å². The summed E-state index contributed by atoms with van der Waals surface area (Å²) < 4.78 is 0. The summed E-state index contributed by atoms with van der Waals surface area (Å²) in [6.45, 7) is 0. The van der Waals surface area contributed by atoms with Crippen LogP contribution in [-0.4, -0.2) is 0 Å². The van der Waals surface area contributed by atoms with Crippen LogP contribution in [0.2, 0.25) is 0 Å². The summed E-state index contributed by atoms with van der Waals surface area (Å²) in [5, 5.41) is 7.72. The van der Waals surface area contributed by atoms with Crippen LogP contribution >= 0.6 is 0 Å². The maximum Gasteiger partial charge on any atom is 0.0714 e. The molecule has 0 fully saturated rings. The molecule has 0 saturated heterocycles. The van der Waals surface area contributed by atoms with Gasteiger partial charge in [-0.25, -0.2) is 0 Å². The second-order valence-electron chi connectivity index (χ2n) is 13.3. The highest BCUT2D eigenvalue weighted by molar-refractivity contribution is 6.16. The van der Waals surface area contributed by atoms with Crippen molar-refractivity contribution in [2.45, 2.75) is 5.41 Å². The van der Waals surface area contributed by atoms with Crippen molar-refractivity contribution in [2.24, 2.45) is 0 Å². The molecule has 0 aromatic heterocycles. The molecule has 0 N–H and O–H groups in total. The lowest BCUT2D eigenvalue weighted by atomic mass is 9.67. The third-order valence-electron chi connectivity index (χ3n) is 10.7. The Morgan fingerprint density at radius 1 is 0.340 bits per heavy atom. The third-order valence-corrected chi connectivity index (χ3v) is 10.7. The molecule has 0 aliphatic heterocycles. The minimum atomic E-state index is -0.485. The van der Waals surface area contributed by atoms with Crippen LogP contribution in [-0.2, 0) is 5.41 Å². The van der Waals surface area contributed by atoms with Crippen LogP contribution in [0.3, 0.4) is 0 Å². The number of rotatable bonds is 6. The highest BCUT2D eigenvalue weighted by Crippen LogP contribution is 2.56. The first-order valence-corrected chi connectivity index (χ1v) is 17.4. The number of benzene rings is 9. The summed E-state index contributed by atoms with van der Waals surface area (Å²) in [7, 11) is 0. The van der Waals surface area contributed by atoms with Gasteiger partial charge in [-0.15, -0.1) is 0 Å². The fourth-order valence-corrected chi connectivity index (χ4v) is 8.54. The molecule has 1 nitrogen and oxygen atoms in total. The van der Waals surface area contributed by atoms with Gasteiger partial charge >= 0.3 is 0 Å². The Balaban J connectivity index is 1.24. The summed E-state index contributed by atoms with van der Waals surface area (Å²) >= 11 is 0. The zero-order valence-electron chi connectivity index (χ0n) is 27.5. The normalized spacial score (nSPS) is 13.0. The lowest BCUT2D eigenvalue weighted by molar-refractivity contribution is 0.771. The molecule has 0 heterocycles. The second-order valence-corrected chi connectivity index (χ2v) is 13.3. The van der Waals surface area contributed by atoms with E-state index in [-0.39, 0.29) is 0 Å². The van der Waals surface area contributed by atoms with Crippen LogP contribution < -0.4 is 4.90 Å². The van der Waals surface area contributed by atoms with Gasteiger partial charge in [-0.3, -0.25) is 0 Å². The van der Waals surface area contributed by atoms with Gasteiger partial charge in [0, 0.05) is 16.8 Å². The van der Waals surface area contributed by atoms with Gasteiger partial charge in [0.1, 0.15) is 0 Å². The van der Waals surface area contributed by atoms with Crippen molar-refractivity contribution in [1.29, 1.82) is 0 Å². The van der Waals surface area contributed by atoms with Crippen molar-refractivity contribution in [1.82, 2.24) is 0 Å². The summed E-state index contributed by atoms with van der Waals surface area (Å²) in [6.07, 6.45) is 0. The van der Waals surface area contributed by atoms with E-state index in [9.17, 15) is 0 Å². The fourth-order valence-electron chi connectivity index (χ4n) is 8.54. The standard InChI is InChI=1S/C49H33N/c1-3-13-34(14-4-1)35-29-31-41(32-30-35)50(46-26-11-16-36-15-7-8-23-43(36)46)42-22-12-21-40(33-42)49(39-19-5-2-6-20-39)44-24-9-17-37-27-28-38-18-10-25-45(49)48(38)47(37)44/h1-33H. The monoisotopic (exact) mass is 635 g/mol. The molecule has 9 aromatic rings. The summed E-state index contributed by atoms with van der Waals surface area (Å²) in [4.78, 5) is 2.43. The molecule has 1 aliphatic carbocycles. The zero-order chi connectivity index (χ0) is 33.1. The van der Waals surface area contributed by atoms with Gasteiger partial charge in [-0.05, 0) is 90.6 Å². The molecule has 0 unspecified atom stereocenters. The average Bonchev–Trinajstić information content (AvgIpc) is 3.51. The molecule has 0 atom stereocenters. The smallest absolute Gasteiger partial charge is 0.0714 e. The van der Waals surface area contributed by atoms with Crippen LogP contribution in [0.4, 0.5) is 17.1 Å². The fraction of sp³-hybridized carbons (Fsp3) is 0.0204. The molecule has 50 heavy (non-hydrogen) atoms. The minimum Gasteiger partial charge on any atom is -0.310 e. The third kappa shape index (κ3) is 4.20. The van der Waals surface area contributed by atoms with Gasteiger partial charge in [-0.1, -0.05) is 170 Å². The van der Waals surface area contributed by atoms with Crippen molar-refractivity contribution >= 4 is 49.4 Å². The van der Waals surface area contributed by atoms with Crippen LogP contribution in [0.15, 0.2) is 200 Å². The Kier molecular flexibility index (Phi) is 6.47. The lowest BCUT2D eigenvalue weighted by Crippen LogP contribution is -2.29. The molecule has 0 saturated carbocycles. The van der Waals surface area contributed by atoms with Gasteiger partial charge in [0.05, 0.1) is 11.1 Å². The average molecular weight is 636 g/mol. The molecule has 9 aromatic carbocycles. The minimum absolute atomic E-state index is 0.485. The molecule has 0 bridgehead atoms. The number of fused-ring (bicyclic) bond motifs is 1. The molecular formula is C49H33N. The summed E-state index contributed by atoms with van der Waals surface area (Å²) in [5.41, 5.74) is 10.5. The molecule has 0 spiro atoms. The first-order valence-electron chi connectivity index (χ1n) is 17.4. The van der Waals surface area contributed by atoms with E-state index < -0.39 is 5.41 Å². The van der Waals surface area contributed by atoms with E-state index in [1.807, 2.05) is 0 Å². The Hall–Kier alpha value is -6.44. The zero-order valence-corrected chi connectivity index (χ0v) is 27.5. The van der Waals surface area contributed by atoms with E-state index in [1.165, 1.54) is 65.7 Å². The Labute approximate surface area is 292 Å². The van der Waals surface area contributed by atoms with Gasteiger partial charge in [0.25, 0.3) is 0 Å². The SMILES string of the molecule is c1ccc(-c2ccc(N(c3cccc(C4(c5ccccc5)c5cccc6ccc7cccc4c7c56)c3)c3cccc4ccccc34)cc2)cc1. The number of hydrogen-bond acceptors (Lipinski definition) is 1. The quantitative estimate of drug-likeness (QED) is 0.164. The van der Waals surface area contributed by atoms with Crippen LogP contribution in [0.25, 0.3) is 43.4 Å². The summed E-state index contributed by atoms with van der Waals surface area (Å²) in [5.74, 6) is 0. The largest absolute Gasteiger partial charge is 0.310 e. The van der Waals surface area contributed by atoms with E-state index in [0.717, 1.165) is 17.1 Å². The molecule has 1 aliphatic rings. The molecule has 1 heteroatoms. The number of nitrogens with zero attached hydrogens (tertiary/aromatic N) is 1. The number of anilines is 3. The van der Waals surface area contributed by atoms with Gasteiger partial charge in [-0.2, -0.15) is 0 Å². The lowest BCUT2D eigenvalue weighted by Gasteiger charge is -2.35. The predicted molar refractivity (Wildman–Crippen MR) is 211 cm³/mol. The second kappa shape index (κ2) is 11.3. The molecular weight excluding hydrogens is 603 g/mol. The van der Waals surface area contributed by atoms with Crippen LogP contribution in [0, 0.1) is 0 Å². The highest BCUT2D eigenvalue weighted by atomic mass is 15.1. The summed E-state index contributed by atoms with van der Waals surface area (Å²) in [6, 6.07) is 73.6. The maximum absolute atomic E-state index is 2.43. The van der Waals surface area contributed by atoms with Crippen LogP contribution in [0.5, 0.6) is 0 Å². The van der Waals surface area contributed by atoms with E-state index >= 15 is 0 Å². The van der Waals surface area contributed by atoms with Crippen molar-refractivity contribution in [3.05, 3.63) is 222 Å². The van der Waals surface area contributed by atoms with Crippen molar-refractivity contribution < 1.29 is 0 Å². The first kappa shape index (κ1) is 28.6. The first-order chi connectivity index (χ1) is 24.8. The van der Waals surface area contributed by atoms with E-state index in [0.29, 0.717) is 0 Å². The highest BCUT2D eigenvalue weighted by Gasteiger charge is 2.45. The maximum atomic E-state index is 2.43. The van der Waals surface area contributed by atoms with E-state index in [4.69, 9.17) is 0 Å². The molecule has 10 rings (SSSR count). The van der Waals surface area contributed by atoms with E-state index in [2.05, 4.69) is 205 Å². The van der Waals surface area contributed by atoms with Gasteiger partial charge in [0.15, 0.2) is 0 Å². The van der Waals surface area contributed by atoms with E-state index in [1.54, 1.807) is 0 Å². The molecule has 234 valence electrons. The van der Waals surface area contributed by atoms with Gasteiger partial charge < -0.3 is 4.90 Å². The Morgan fingerprint density at radius 3 is 1.60 bits per heavy atom. The predicted octanol–water partition coefficient (Wildman–Crippen LogP) is 13.0. The van der Waals surface area contributed by atoms with Crippen molar-refractivity contribution in [3.63, 3.8) is 0 Å². The van der Waals surface area contributed by atoms with Gasteiger partial charge in [0.2, 0.25) is 0 Å². The Morgan fingerprint density at radius 2 is 0.880 bits per heavy atom. The van der Waals surface area contributed by atoms with Crippen molar-refractivity contribution in [2.75, 3.05) is 4.90 Å². The number of hydrogen-bond donors (Lipinski definition) is 0. The topological polar surface area (TPSA) is 3.24 Å². The molecule has 0 radical (unpaired) electrons.